The minimum absolute atomic E-state index is 0.0145. The number of rotatable bonds is 5. The molecule has 28 heavy (non-hydrogen) atoms. The van der Waals surface area contributed by atoms with Crippen molar-refractivity contribution in [3.8, 4) is 22.4 Å². The van der Waals surface area contributed by atoms with Crippen molar-refractivity contribution >= 4 is 33.2 Å². The Morgan fingerprint density at radius 2 is 1.79 bits per heavy atom. The number of anilines is 1. The summed E-state index contributed by atoms with van der Waals surface area (Å²) in [6.07, 6.45) is 0. The maximum Gasteiger partial charge on any atom is 0.270 e. The Morgan fingerprint density at radius 3 is 2.43 bits per heavy atom. The first-order chi connectivity index (χ1) is 13.4. The van der Waals surface area contributed by atoms with Crippen LogP contribution in [0.3, 0.4) is 0 Å². The summed E-state index contributed by atoms with van der Waals surface area (Å²) in [5, 5.41) is 14.1. The molecule has 0 bridgehead atoms. The number of non-ortho nitro benzene ring substituents is 1. The SMILES string of the molecule is Cc1nc(-c2ccccc2)cc(-c2cccc([N+](=O)[O-])c2)c1NC(=O)C(C)Br. The van der Waals surface area contributed by atoms with Crippen LogP contribution in [0.4, 0.5) is 11.4 Å². The summed E-state index contributed by atoms with van der Waals surface area (Å²) in [5.74, 6) is -0.218. The molecule has 0 aliphatic rings. The van der Waals surface area contributed by atoms with Gasteiger partial charge in [0.1, 0.15) is 0 Å². The minimum Gasteiger partial charge on any atom is -0.323 e. The van der Waals surface area contributed by atoms with Gasteiger partial charge in [-0.2, -0.15) is 0 Å². The smallest absolute Gasteiger partial charge is 0.270 e. The molecule has 142 valence electrons. The fourth-order valence-corrected chi connectivity index (χ4v) is 2.94. The van der Waals surface area contributed by atoms with Crippen LogP contribution in [0.25, 0.3) is 22.4 Å². The van der Waals surface area contributed by atoms with Crippen LogP contribution in [-0.2, 0) is 4.79 Å². The zero-order chi connectivity index (χ0) is 20.3. The van der Waals surface area contributed by atoms with E-state index in [4.69, 9.17) is 0 Å². The Bertz CT molecular complexity index is 1040. The van der Waals surface area contributed by atoms with E-state index >= 15 is 0 Å². The summed E-state index contributed by atoms with van der Waals surface area (Å²) in [7, 11) is 0. The van der Waals surface area contributed by atoms with Crippen LogP contribution in [0.1, 0.15) is 12.6 Å². The van der Waals surface area contributed by atoms with Crippen molar-refractivity contribution in [2.24, 2.45) is 0 Å². The first kappa shape index (κ1) is 19.7. The summed E-state index contributed by atoms with van der Waals surface area (Å²) in [6.45, 7) is 3.53. The quantitative estimate of drug-likeness (QED) is 0.329. The van der Waals surface area contributed by atoms with E-state index in [1.807, 2.05) is 43.3 Å². The van der Waals surface area contributed by atoms with Gasteiger partial charge in [-0.25, -0.2) is 0 Å². The largest absolute Gasteiger partial charge is 0.323 e. The lowest BCUT2D eigenvalue weighted by atomic mass is 9.99. The number of benzene rings is 2. The highest BCUT2D eigenvalue weighted by Gasteiger charge is 2.18. The van der Waals surface area contributed by atoms with Crippen molar-refractivity contribution in [3.63, 3.8) is 0 Å². The molecule has 1 aromatic heterocycles. The van der Waals surface area contributed by atoms with E-state index in [1.54, 1.807) is 19.1 Å². The van der Waals surface area contributed by atoms with Gasteiger partial charge in [0.05, 0.1) is 26.8 Å². The number of aromatic nitrogens is 1. The van der Waals surface area contributed by atoms with Crippen LogP contribution in [0.2, 0.25) is 0 Å². The van der Waals surface area contributed by atoms with Gasteiger partial charge in [-0.1, -0.05) is 58.4 Å². The van der Waals surface area contributed by atoms with Gasteiger partial charge < -0.3 is 5.32 Å². The van der Waals surface area contributed by atoms with Crippen molar-refractivity contribution in [2.45, 2.75) is 18.7 Å². The monoisotopic (exact) mass is 439 g/mol. The highest BCUT2D eigenvalue weighted by atomic mass is 79.9. The van der Waals surface area contributed by atoms with E-state index in [0.29, 0.717) is 22.5 Å². The van der Waals surface area contributed by atoms with Crippen molar-refractivity contribution < 1.29 is 9.72 Å². The molecule has 0 radical (unpaired) electrons. The lowest BCUT2D eigenvalue weighted by Crippen LogP contribution is -2.21. The Labute approximate surface area is 170 Å². The lowest BCUT2D eigenvalue weighted by Gasteiger charge is -2.16. The number of alkyl halides is 1. The third-order valence-electron chi connectivity index (χ3n) is 4.25. The fraction of sp³-hybridized carbons (Fsp3) is 0.143. The lowest BCUT2D eigenvalue weighted by molar-refractivity contribution is -0.384. The number of nitro groups is 1. The summed E-state index contributed by atoms with van der Waals surface area (Å²) < 4.78 is 0. The fourth-order valence-electron chi connectivity index (χ4n) is 2.82. The van der Waals surface area contributed by atoms with Gasteiger partial charge in [-0.3, -0.25) is 19.9 Å². The average molecular weight is 440 g/mol. The van der Waals surface area contributed by atoms with Gasteiger partial charge in [-0.15, -0.1) is 0 Å². The second kappa shape index (κ2) is 8.31. The van der Waals surface area contributed by atoms with Crippen LogP contribution in [0.15, 0.2) is 60.7 Å². The third-order valence-corrected chi connectivity index (χ3v) is 4.66. The zero-order valence-electron chi connectivity index (χ0n) is 15.3. The number of nitro benzene ring substituents is 1. The number of carbonyl (C=O) groups excluding carboxylic acids is 1. The Morgan fingerprint density at radius 1 is 1.11 bits per heavy atom. The molecule has 0 saturated carbocycles. The van der Waals surface area contributed by atoms with Gasteiger partial charge in [0, 0.05) is 23.3 Å². The van der Waals surface area contributed by atoms with E-state index < -0.39 is 9.75 Å². The predicted molar refractivity (Wildman–Crippen MR) is 114 cm³/mol. The molecule has 7 heteroatoms. The van der Waals surface area contributed by atoms with Crippen molar-refractivity contribution in [1.29, 1.82) is 0 Å². The van der Waals surface area contributed by atoms with E-state index in [0.717, 1.165) is 11.3 Å². The number of hydrogen-bond acceptors (Lipinski definition) is 4. The first-order valence-electron chi connectivity index (χ1n) is 8.63. The molecule has 0 aliphatic carbocycles. The first-order valence-corrected chi connectivity index (χ1v) is 9.55. The van der Waals surface area contributed by atoms with Gasteiger partial charge in [0.25, 0.3) is 5.69 Å². The summed E-state index contributed by atoms with van der Waals surface area (Å²) >= 11 is 3.26. The molecule has 1 unspecified atom stereocenters. The molecule has 0 saturated heterocycles. The standard InChI is InChI=1S/C21H18BrN3O3/c1-13(22)21(26)24-20-14(2)23-19(15-7-4-3-5-8-15)12-18(20)16-9-6-10-17(11-16)25(27)28/h3-13H,1-2H3,(H,24,26). The van der Waals surface area contributed by atoms with Crippen LogP contribution in [0, 0.1) is 17.0 Å². The molecular weight excluding hydrogens is 422 g/mol. The van der Waals surface area contributed by atoms with E-state index in [9.17, 15) is 14.9 Å². The number of nitrogens with zero attached hydrogens (tertiary/aromatic N) is 2. The Hall–Kier alpha value is -3.06. The zero-order valence-corrected chi connectivity index (χ0v) is 16.9. The number of aryl methyl sites for hydroxylation is 1. The van der Waals surface area contributed by atoms with Gasteiger partial charge in [0.2, 0.25) is 5.91 Å². The topological polar surface area (TPSA) is 85.1 Å². The number of pyridine rings is 1. The van der Waals surface area contributed by atoms with Crippen LogP contribution in [0.5, 0.6) is 0 Å². The summed E-state index contributed by atoms with van der Waals surface area (Å²) in [4.78, 5) is 27.3. The average Bonchev–Trinajstić information content (AvgIpc) is 2.69. The number of carbonyl (C=O) groups is 1. The third kappa shape index (κ3) is 4.26. The predicted octanol–water partition coefficient (Wildman–Crippen LogP) is 5.35. The van der Waals surface area contributed by atoms with Crippen LogP contribution < -0.4 is 5.32 Å². The molecular formula is C21H18BrN3O3. The Kier molecular flexibility index (Phi) is 5.84. The van der Waals surface area contributed by atoms with Crippen molar-refractivity contribution in [1.82, 2.24) is 4.98 Å². The Balaban J connectivity index is 2.21. The van der Waals surface area contributed by atoms with E-state index in [1.165, 1.54) is 12.1 Å². The van der Waals surface area contributed by atoms with Crippen molar-refractivity contribution in [3.05, 3.63) is 76.5 Å². The molecule has 3 aromatic rings. The van der Waals surface area contributed by atoms with Gasteiger partial charge in [-0.05, 0) is 25.5 Å². The molecule has 6 nitrogen and oxygen atoms in total. The molecule has 0 aliphatic heterocycles. The highest BCUT2D eigenvalue weighted by Crippen LogP contribution is 2.35. The molecule has 1 heterocycles. The molecule has 3 rings (SSSR count). The molecule has 0 spiro atoms. The molecule has 1 amide bonds. The minimum atomic E-state index is -0.436. The molecule has 1 N–H and O–H groups in total. The molecule has 0 fully saturated rings. The summed E-state index contributed by atoms with van der Waals surface area (Å²) in [6, 6.07) is 17.8. The van der Waals surface area contributed by atoms with E-state index in [-0.39, 0.29) is 11.6 Å². The number of amides is 1. The summed E-state index contributed by atoms with van der Waals surface area (Å²) in [5.41, 5.74) is 4.11. The van der Waals surface area contributed by atoms with Gasteiger partial charge >= 0.3 is 0 Å². The van der Waals surface area contributed by atoms with E-state index in [2.05, 4.69) is 26.2 Å². The van der Waals surface area contributed by atoms with Crippen LogP contribution >= 0.6 is 15.9 Å². The maximum absolute atomic E-state index is 12.3. The van der Waals surface area contributed by atoms with Crippen molar-refractivity contribution in [2.75, 3.05) is 5.32 Å². The number of halogens is 1. The number of nitrogens with one attached hydrogen (secondary N) is 1. The van der Waals surface area contributed by atoms with Crippen LogP contribution in [-0.4, -0.2) is 20.6 Å². The van der Waals surface area contributed by atoms with Gasteiger partial charge in [0.15, 0.2) is 0 Å². The second-order valence-corrected chi connectivity index (χ2v) is 7.67. The maximum atomic E-state index is 12.3. The second-order valence-electron chi connectivity index (χ2n) is 6.29. The molecule has 1 atom stereocenters. The normalized spacial score (nSPS) is 11.7. The number of hydrogen-bond donors (Lipinski definition) is 1. The highest BCUT2D eigenvalue weighted by molar-refractivity contribution is 9.10. The molecule has 2 aromatic carbocycles.